The fourth-order valence-corrected chi connectivity index (χ4v) is 4.43. The van der Waals surface area contributed by atoms with Gasteiger partial charge in [-0.05, 0) is 62.7 Å². The lowest BCUT2D eigenvalue weighted by atomic mass is 9.66. The van der Waals surface area contributed by atoms with Crippen LogP contribution in [0.5, 0.6) is 0 Å². The summed E-state index contributed by atoms with van der Waals surface area (Å²) < 4.78 is 0. The van der Waals surface area contributed by atoms with Crippen LogP contribution in [0.4, 0.5) is 0 Å². The van der Waals surface area contributed by atoms with Crippen molar-refractivity contribution in [3.63, 3.8) is 0 Å². The van der Waals surface area contributed by atoms with Gasteiger partial charge in [-0.3, -0.25) is 0 Å². The van der Waals surface area contributed by atoms with Gasteiger partial charge in [-0.2, -0.15) is 0 Å². The zero-order valence-corrected chi connectivity index (χ0v) is 15.9. The van der Waals surface area contributed by atoms with Crippen molar-refractivity contribution in [1.29, 1.82) is 0 Å². The molecule has 2 heteroatoms. The molecule has 1 nitrogen and oxygen atoms in total. The largest absolute Gasteiger partial charge is 0.341 e. The molecule has 1 aliphatic heterocycles. The molecule has 0 spiro atoms. The molecule has 0 N–H and O–H groups in total. The van der Waals surface area contributed by atoms with Crippen molar-refractivity contribution in [3.8, 4) is 0 Å². The van der Waals surface area contributed by atoms with Gasteiger partial charge in [0, 0.05) is 22.6 Å². The Balaban J connectivity index is 2.58. The second-order valence-electron chi connectivity index (χ2n) is 7.00. The van der Waals surface area contributed by atoms with Gasteiger partial charge < -0.3 is 4.90 Å². The maximum Gasteiger partial charge on any atom is 0.0514 e. The fourth-order valence-electron chi connectivity index (χ4n) is 3.89. The van der Waals surface area contributed by atoms with E-state index in [1.54, 1.807) is 0 Å². The Morgan fingerprint density at radius 2 is 2.05 bits per heavy atom. The van der Waals surface area contributed by atoms with Crippen LogP contribution in [0.3, 0.4) is 0 Å². The first kappa shape index (κ1) is 17.3. The van der Waals surface area contributed by atoms with Crippen molar-refractivity contribution >= 4 is 9.24 Å². The molecule has 22 heavy (non-hydrogen) atoms. The normalized spacial score (nSPS) is 29.5. The quantitative estimate of drug-likeness (QED) is 0.579. The summed E-state index contributed by atoms with van der Waals surface area (Å²) in [5, 5.41) is 1.19. The highest BCUT2D eigenvalue weighted by Gasteiger charge is 2.47. The van der Waals surface area contributed by atoms with Crippen molar-refractivity contribution in [1.82, 2.24) is 4.90 Å². The van der Waals surface area contributed by atoms with Crippen LogP contribution < -0.4 is 0 Å². The van der Waals surface area contributed by atoms with Gasteiger partial charge in [0.15, 0.2) is 0 Å². The Labute approximate surface area is 138 Å². The molecule has 0 bridgehead atoms. The minimum absolute atomic E-state index is 0.246. The number of allylic oxidation sites excluding steroid dienone is 6. The molecule has 2 aliphatic rings. The van der Waals surface area contributed by atoms with E-state index in [4.69, 9.17) is 0 Å². The van der Waals surface area contributed by atoms with Gasteiger partial charge >= 0.3 is 0 Å². The van der Waals surface area contributed by atoms with Crippen molar-refractivity contribution in [2.45, 2.75) is 59.4 Å². The maximum atomic E-state index is 4.32. The van der Waals surface area contributed by atoms with Gasteiger partial charge in [0.1, 0.15) is 0 Å². The Bertz CT molecular complexity index is 593. The summed E-state index contributed by atoms with van der Waals surface area (Å²) in [6, 6.07) is 0. The highest BCUT2D eigenvalue weighted by Crippen LogP contribution is 2.51. The van der Waals surface area contributed by atoms with E-state index in [9.17, 15) is 0 Å². The molecule has 1 aliphatic carbocycles. The number of hydrogen-bond acceptors (Lipinski definition) is 1. The fraction of sp³-hybridized carbons (Fsp3) is 0.500. The van der Waals surface area contributed by atoms with Gasteiger partial charge in [-0.15, -0.1) is 9.24 Å². The zero-order valence-electron chi connectivity index (χ0n) is 14.8. The molecular weight excluding hydrogens is 285 g/mol. The highest BCUT2D eigenvalue weighted by atomic mass is 31.0. The van der Waals surface area contributed by atoms with E-state index < -0.39 is 0 Å². The predicted molar refractivity (Wildman–Crippen MR) is 101 cm³/mol. The third kappa shape index (κ3) is 2.65. The summed E-state index contributed by atoms with van der Waals surface area (Å²) in [5.41, 5.74) is 6.26. The third-order valence-electron chi connectivity index (χ3n) is 5.29. The molecule has 120 valence electrons. The van der Waals surface area contributed by atoms with E-state index in [0.717, 1.165) is 23.5 Å². The molecule has 0 aromatic carbocycles. The Morgan fingerprint density at radius 3 is 2.45 bits per heavy atom. The van der Waals surface area contributed by atoms with Crippen LogP contribution in [0.1, 0.15) is 53.9 Å². The second kappa shape index (κ2) is 6.20. The molecule has 1 atom stereocenters. The lowest BCUT2D eigenvalue weighted by Gasteiger charge is -2.55. The second-order valence-corrected chi connectivity index (χ2v) is 7.57. The summed E-state index contributed by atoms with van der Waals surface area (Å²) in [7, 11) is 2.91. The maximum absolute atomic E-state index is 4.32. The molecule has 0 radical (unpaired) electrons. The molecule has 1 fully saturated rings. The Kier molecular flexibility index (Phi) is 4.87. The first-order valence-corrected chi connectivity index (χ1v) is 8.84. The lowest BCUT2D eigenvalue weighted by Crippen LogP contribution is -2.54. The third-order valence-corrected chi connectivity index (χ3v) is 5.91. The summed E-state index contributed by atoms with van der Waals surface area (Å²) in [5.74, 6) is 0.809. The Hall–Kier alpha value is -1.07. The van der Waals surface area contributed by atoms with Crippen LogP contribution in [0.15, 0.2) is 58.7 Å². The topological polar surface area (TPSA) is 3.24 Å². The van der Waals surface area contributed by atoms with Gasteiger partial charge in [-0.25, -0.2) is 0 Å². The standard InChI is InChI=1S/C20H30NP/c1-8-15(6)17-12-21(20(9-2)10-14(5)11-20)18(13(3)4)19(22)16(17)7/h8,12,14H,3,7,9-11,22H2,1-2,4-6H3/b15-8-. The summed E-state index contributed by atoms with van der Waals surface area (Å²) in [6.45, 7) is 19.6. The van der Waals surface area contributed by atoms with E-state index >= 15 is 0 Å². The van der Waals surface area contributed by atoms with Crippen molar-refractivity contribution in [2.24, 2.45) is 5.92 Å². The highest BCUT2D eigenvalue weighted by molar-refractivity contribution is 7.23. The van der Waals surface area contributed by atoms with E-state index in [2.05, 4.69) is 74.2 Å². The lowest BCUT2D eigenvalue weighted by molar-refractivity contribution is 0.0322. The van der Waals surface area contributed by atoms with E-state index in [1.807, 2.05) is 0 Å². The molecule has 1 saturated carbocycles. The number of nitrogens with zero attached hydrogens (tertiary/aromatic N) is 1. The summed E-state index contributed by atoms with van der Waals surface area (Å²) >= 11 is 0. The predicted octanol–water partition coefficient (Wildman–Crippen LogP) is 5.95. The first-order chi connectivity index (χ1) is 10.3. The SMILES string of the molecule is C=C(C)C1=C(P)C(=C)C(/C(C)=C\C)=CN1C1(CC)CC(C)C1. The van der Waals surface area contributed by atoms with Crippen LogP contribution in [0, 0.1) is 5.92 Å². The van der Waals surface area contributed by atoms with Gasteiger partial charge in [0.2, 0.25) is 0 Å². The van der Waals surface area contributed by atoms with Crippen molar-refractivity contribution < 1.29 is 0 Å². The molecule has 0 saturated heterocycles. The zero-order chi connectivity index (χ0) is 16.7. The van der Waals surface area contributed by atoms with Crippen LogP contribution in [-0.4, -0.2) is 10.4 Å². The molecular formula is C20H30NP. The van der Waals surface area contributed by atoms with Crippen LogP contribution >= 0.6 is 9.24 Å². The minimum atomic E-state index is 0.246. The molecule has 1 unspecified atom stereocenters. The van der Waals surface area contributed by atoms with Crippen LogP contribution in [0.25, 0.3) is 0 Å². The van der Waals surface area contributed by atoms with Crippen molar-refractivity contribution in [3.05, 3.63) is 58.7 Å². The monoisotopic (exact) mass is 315 g/mol. The minimum Gasteiger partial charge on any atom is -0.341 e. The van der Waals surface area contributed by atoms with Gasteiger partial charge in [0.25, 0.3) is 0 Å². The van der Waals surface area contributed by atoms with Gasteiger partial charge in [-0.1, -0.05) is 33.1 Å². The number of hydrogen-bond donors (Lipinski definition) is 0. The average molecular weight is 315 g/mol. The van der Waals surface area contributed by atoms with E-state index in [-0.39, 0.29) is 5.54 Å². The van der Waals surface area contributed by atoms with Crippen LogP contribution in [-0.2, 0) is 0 Å². The van der Waals surface area contributed by atoms with Crippen LogP contribution in [0.2, 0.25) is 0 Å². The first-order valence-electron chi connectivity index (χ1n) is 8.27. The molecule has 2 rings (SSSR count). The summed E-state index contributed by atoms with van der Waals surface area (Å²) in [6.07, 6.45) is 8.16. The summed E-state index contributed by atoms with van der Waals surface area (Å²) in [4.78, 5) is 2.51. The Morgan fingerprint density at radius 1 is 1.45 bits per heavy atom. The average Bonchev–Trinajstić information content (AvgIpc) is 2.45. The smallest absolute Gasteiger partial charge is 0.0514 e. The van der Waals surface area contributed by atoms with E-state index in [1.165, 1.54) is 35.0 Å². The number of rotatable bonds is 4. The molecule has 0 aromatic rings. The molecule has 1 heterocycles. The van der Waals surface area contributed by atoms with Crippen molar-refractivity contribution in [2.75, 3.05) is 0 Å². The molecule has 0 aromatic heterocycles. The van der Waals surface area contributed by atoms with Gasteiger partial charge in [0.05, 0.1) is 5.70 Å². The van der Waals surface area contributed by atoms with E-state index in [0.29, 0.717) is 0 Å². The molecule has 0 amide bonds.